The fourth-order valence-corrected chi connectivity index (χ4v) is 2.15. The highest BCUT2D eigenvalue weighted by molar-refractivity contribution is 6.30. The molecule has 0 aliphatic rings. The Morgan fingerprint density at radius 1 is 1.05 bits per heavy atom. The smallest absolute Gasteiger partial charge is 0.177 e. The molecular formula is C14H14ClN5. The molecule has 0 unspecified atom stereocenters. The Labute approximate surface area is 121 Å². The first-order valence-electron chi connectivity index (χ1n) is 6.45. The molecule has 0 aliphatic carbocycles. The molecule has 0 saturated carbocycles. The maximum absolute atomic E-state index is 5.90. The van der Waals surface area contributed by atoms with Gasteiger partial charge >= 0.3 is 0 Å². The quantitative estimate of drug-likeness (QED) is 0.799. The first-order chi connectivity index (χ1) is 9.78. The van der Waals surface area contributed by atoms with Crippen LogP contribution in [0.5, 0.6) is 0 Å². The van der Waals surface area contributed by atoms with Gasteiger partial charge in [0.25, 0.3) is 0 Å². The zero-order chi connectivity index (χ0) is 13.9. The van der Waals surface area contributed by atoms with Crippen LogP contribution in [-0.4, -0.2) is 26.4 Å². The van der Waals surface area contributed by atoms with Crippen molar-refractivity contribution < 1.29 is 0 Å². The number of fused-ring (bicyclic) bond motifs is 1. The highest BCUT2D eigenvalue weighted by Gasteiger charge is 2.08. The molecule has 2 N–H and O–H groups in total. The summed E-state index contributed by atoms with van der Waals surface area (Å²) in [6.45, 7) is 0.631. The molecule has 0 saturated heterocycles. The lowest BCUT2D eigenvalue weighted by molar-refractivity contribution is 0.741. The fraction of sp³-hybridized carbons (Fsp3) is 0.214. The molecule has 0 atom stereocenters. The number of nitrogens with zero attached hydrogens (tertiary/aromatic N) is 4. The van der Waals surface area contributed by atoms with E-state index in [0.29, 0.717) is 11.6 Å². The van der Waals surface area contributed by atoms with Crippen molar-refractivity contribution in [2.75, 3.05) is 6.54 Å². The summed E-state index contributed by atoms with van der Waals surface area (Å²) in [5.74, 6) is 0.835. The molecule has 2 aromatic heterocycles. The Morgan fingerprint density at radius 3 is 2.60 bits per heavy atom. The minimum absolute atomic E-state index is 0.631. The van der Waals surface area contributed by atoms with E-state index in [4.69, 9.17) is 17.3 Å². The number of rotatable bonds is 4. The molecule has 2 heterocycles. The molecule has 0 radical (unpaired) electrons. The first kappa shape index (κ1) is 13.0. The lowest BCUT2D eigenvalue weighted by Gasteiger charge is -2.03. The van der Waals surface area contributed by atoms with Gasteiger partial charge in [-0.15, -0.1) is 10.2 Å². The van der Waals surface area contributed by atoms with Gasteiger partial charge < -0.3 is 5.73 Å². The monoisotopic (exact) mass is 287 g/mol. The molecule has 3 aromatic rings. The van der Waals surface area contributed by atoms with Crippen LogP contribution in [-0.2, 0) is 6.42 Å². The van der Waals surface area contributed by atoms with Gasteiger partial charge in [0.1, 0.15) is 0 Å². The van der Waals surface area contributed by atoms with Crippen molar-refractivity contribution in [3.8, 4) is 11.3 Å². The molecule has 102 valence electrons. The summed E-state index contributed by atoms with van der Waals surface area (Å²) >= 11 is 5.90. The Kier molecular flexibility index (Phi) is 3.62. The van der Waals surface area contributed by atoms with E-state index < -0.39 is 0 Å². The number of aromatic nitrogens is 4. The Bertz CT molecular complexity index is 720. The Morgan fingerprint density at radius 2 is 1.85 bits per heavy atom. The van der Waals surface area contributed by atoms with E-state index >= 15 is 0 Å². The SMILES string of the molecule is NCCCc1nnc2ccc(-c3ccc(Cl)cc3)nn12. The largest absolute Gasteiger partial charge is 0.330 e. The van der Waals surface area contributed by atoms with Crippen LogP contribution < -0.4 is 5.73 Å². The molecule has 0 fully saturated rings. The molecule has 1 aromatic carbocycles. The minimum atomic E-state index is 0.631. The summed E-state index contributed by atoms with van der Waals surface area (Å²) in [5, 5.41) is 13.6. The number of halogens is 1. The zero-order valence-electron chi connectivity index (χ0n) is 10.8. The average molecular weight is 288 g/mol. The van der Waals surface area contributed by atoms with E-state index in [2.05, 4.69) is 15.3 Å². The predicted molar refractivity (Wildman–Crippen MR) is 78.6 cm³/mol. The third-order valence-corrected chi connectivity index (χ3v) is 3.32. The van der Waals surface area contributed by atoms with Crippen molar-refractivity contribution in [3.63, 3.8) is 0 Å². The summed E-state index contributed by atoms with van der Waals surface area (Å²) in [5.41, 5.74) is 8.15. The van der Waals surface area contributed by atoms with Gasteiger partial charge in [-0.25, -0.2) is 0 Å². The topological polar surface area (TPSA) is 69.1 Å². The van der Waals surface area contributed by atoms with Crippen LogP contribution in [0.15, 0.2) is 36.4 Å². The molecule has 6 heteroatoms. The lowest BCUT2D eigenvalue weighted by atomic mass is 10.1. The van der Waals surface area contributed by atoms with Gasteiger partial charge in [0, 0.05) is 17.0 Å². The van der Waals surface area contributed by atoms with E-state index in [-0.39, 0.29) is 0 Å². The van der Waals surface area contributed by atoms with Gasteiger partial charge in [-0.05, 0) is 37.2 Å². The van der Waals surface area contributed by atoms with E-state index in [0.717, 1.165) is 35.6 Å². The third-order valence-electron chi connectivity index (χ3n) is 3.07. The molecule has 0 amide bonds. The minimum Gasteiger partial charge on any atom is -0.330 e. The molecule has 0 bridgehead atoms. The summed E-state index contributed by atoms with van der Waals surface area (Å²) in [7, 11) is 0. The Balaban J connectivity index is 2.02. The summed E-state index contributed by atoms with van der Waals surface area (Å²) in [6.07, 6.45) is 1.64. The predicted octanol–water partition coefficient (Wildman–Crippen LogP) is 2.34. The highest BCUT2D eigenvalue weighted by atomic mass is 35.5. The van der Waals surface area contributed by atoms with Crippen molar-refractivity contribution in [2.45, 2.75) is 12.8 Å². The van der Waals surface area contributed by atoms with Crippen LogP contribution in [0.4, 0.5) is 0 Å². The normalized spacial score (nSPS) is 11.1. The molecule has 20 heavy (non-hydrogen) atoms. The van der Waals surface area contributed by atoms with Crippen LogP contribution in [0.3, 0.4) is 0 Å². The van der Waals surface area contributed by atoms with Crippen molar-refractivity contribution >= 4 is 17.2 Å². The second-order valence-corrected chi connectivity index (χ2v) is 4.94. The number of nitrogens with two attached hydrogens (primary N) is 1. The number of benzene rings is 1. The molecular weight excluding hydrogens is 274 g/mol. The van der Waals surface area contributed by atoms with Crippen LogP contribution in [0.25, 0.3) is 16.9 Å². The zero-order valence-corrected chi connectivity index (χ0v) is 11.6. The maximum Gasteiger partial charge on any atom is 0.177 e. The van der Waals surface area contributed by atoms with Gasteiger partial charge in [0.2, 0.25) is 0 Å². The van der Waals surface area contributed by atoms with E-state index in [1.165, 1.54) is 0 Å². The van der Waals surface area contributed by atoms with Gasteiger partial charge in [-0.1, -0.05) is 23.7 Å². The second kappa shape index (κ2) is 5.56. The summed E-state index contributed by atoms with van der Waals surface area (Å²) < 4.78 is 1.78. The van der Waals surface area contributed by atoms with Crippen molar-refractivity contribution in [1.29, 1.82) is 0 Å². The average Bonchev–Trinajstić information content (AvgIpc) is 2.88. The third kappa shape index (κ3) is 2.50. The number of hydrogen-bond acceptors (Lipinski definition) is 4. The molecule has 0 spiro atoms. The fourth-order valence-electron chi connectivity index (χ4n) is 2.02. The highest BCUT2D eigenvalue weighted by Crippen LogP contribution is 2.20. The molecule has 0 aliphatic heterocycles. The van der Waals surface area contributed by atoms with Crippen molar-refractivity contribution in [2.24, 2.45) is 5.73 Å². The van der Waals surface area contributed by atoms with Crippen LogP contribution in [0.1, 0.15) is 12.2 Å². The molecule has 3 rings (SSSR count). The summed E-state index contributed by atoms with van der Waals surface area (Å²) in [6, 6.07) is 11.4. The van der Waals surface area contributed by atoms with Gasteiger partial charge in [0.15, 0.2) is 11.5 Å². The van der Waals surface area contributed by atoms with Gasteiger partial charge in [0.05, 0.1) is 5.69 Å². The Hall–Kier alpha value is -1.98. The lowest BCUT2D eigenvalue weighted by Crippen LogP contribution is -2.05. The standard InChI is InChI=1S/C14H14ClN5/c15-11-5-3-10(4-6-11)12-7-8-14-18-17-13(2-1-9-16)20(14)19-12/h3-8H,1-2,9,16H2. The van der Waals surface area contributed by atoms with Crippen LogP contribution in [0.2, 0.25) is 5.02 Å². The van der Waals surface area contributed by atoms with Gasteiger partial charge in [-0.2, -0.15) is 9.61 Å². The first-order valence-corrected chi connectivity index (χ1v) is 6.83. The van der Waals surface area contributed by atoms with E-state index in [1.54, 1.807) is 4.52 Å². The maximum atomic E-state index is 5.90. The van der Waals surface area contributed by atoms with Crippen molar-refractivity contribution in [3.05, 3.63) is 47.2 Å². The number of aryl methyl sites for hydroxylation is 1. The van der Waals surface area contributed by atoms with Crippen LogP contribution >= 0.6 is 11.6 Å². The number of hydrogen-bond donors (Lipinski definition) is 1. The molecule has 5 nitrogen and oxygen atoms in total. The van der Waals surface area contributed by atoms with Crippen LogP contribution in [0, 0.1) is 0 Å². The van der Waals surface area contributed by atoms with E-state index in [1.807, 2.05) is 36.4 Å². The van der Waals surface area contributed by atoms with Crippen molar-refractivity contribution in [1.82, 2.24) is 19.8 Å². The second-order valence-electron chi connectivity index (χ2n) is 4.50. The summed E-state index contributed by atoms with van der Waals surface area (Å²) in [4.78, 5) is 0. The van der Waals surface area contributed by atoms with Gasteiger partial charge in [-0.3, -0.25) is 0 Å². The van der Waals surface area contributed by atoms with E-state index in [9.17, 15) is 0 Å².